The molecule has 0 radical (unpaired) electrons. The maximum absolute atomic E-state index is 13.5. The molecule has 0 aliphatic rings. The number of hydrogen-bond donors (Lipinski definition) is 1. The van der Waals surface area contributed by atoms with Crippen LogP contribution < -0.4 is 19.5 Å². The van der Waals surface area contributed by atoms with Crippen LogP contribution in [0.2, 0.25) is 0 Å². The number of carbonyl (C=O) groups is 1. The lowest BCUT2D eigenvalue weighted by molar-refractivity contribution is -0.116. The lowest BCUT2D eigenvalue weighted by Gasteiger charge is -2.18. The van der Waals surface area contributed by atoms with Crippen molar-refractivity contribution in [3.05, 3.63) is 102 Å². The summed E-state index contributed by atoms with van der Waals surface area (Å²) in [6.07, 6.45) is 0. The Morgan fingerprint density at radius 3 is 1.92 bits per heavy atom. The number of carbonyl (C=O) groups excluding carboxylic acids is 1. The molecule has 0 unspecified atom stereocenters. The first kappa shape index (κ1) is 23.9. The summed E-state index contributed by atoms with van der Waals surface area (Å²) in [6, 6.07) is 28.4. The molecule has 0 aliphatic heterocycles. The second-order valence-electron chi connectivity index (χ2n) is 8.36. The van der Waals surface area contributed by atoms with Crippen LogP contribution in [0.5, 0.6) is 17.2 Å². The lowest BCUT2D eigenvalue weighted by atomic mass is 9.90. The predicted octanol–water partition coefficient (Wildman–Crippen LogP) is 6.29. The monoisotopic (exact) mass is 494 g/mol. The molecule has 0 aliphatic carbocycles. The zero-order valence-corrected chi connectivity index (χ0v) is 20.7. The van der Waals surface area contributed by atoms with Gasteiger partial charge in [0.15, 0.2) is 17.1 Å². The average Bonchev–Trinajstić information content (AvgIpc) is 3.37. The number of nitrogens with one attached hydrogen (secondary N) is 1. The molecule has 5 aromatic rings. The van der Waals surface area contributed by atoms with Crippen LogP contribution in [0.15, 0.2) is 95.4 Å². The molecule has 1 aromatic heterocycles. The molecule has 0 spiro atoms. The Kier molecular flexibility index (Phi) is 6.76. The first-order chi connectivity index (χ1) is 18.1. The summed E-state index contributed by atoms with van der Waals surface area (Å²) in [5.41, 5.74) is 4.32. The van der Waals surface area contributed by atoms with Crippen molar-refractivity contribution in [3.63, 3.8) is 0 Å². The van der Waals surface area contributed by atoms with E-state index in [0.717, 1.165) is 11.1 Å². The Labute approximate surface area is 214 Å². The maximum Gasteiger partial charge on any atom is 0.236 e. The number of ether oxygens (including phenoxy) is 3. The van der Waals surface area contributed by atoms with Crippen LogP contribution in [-0.4, -0.2) is 32.2 Å². The minimum atomic E-state index is -0.454. The number of methoxy groups -OCH3 is 3. The van der Waals surface area contributed by atoms with Gasteiger partial charge in [0, 0.05) is 11.3 Å². The van der Waals surface area contributed by atoms with Gasteiger partial charge in [0.2, 0.25) is 17.5 Å². The number of aromatic nitrogens is 1. The summed E-state index contributed by atoms with van der Waals surface area (Å²) in [7, 11) is 4.66. The molecule has 1 N–H and O–H groups in total. The highest BCUT2D eigenvalue weighted by Crippen LogP contribution is 2.41. The van der Waals surface area contributed by atoms with Crippen LogP contribution in [0.25, 0.3) is 22.6 Å². The summed E-state index contributed by atoms with van der Waals surface area (Å²) in [6.45, 7) is 0. The number of amides is 1. The fraction of sp³-hybridized carbons (Fsp3) is 0.133. The number of anilines is 1. The molecule has 0 saturated carbocycles. The van der Waals surface area contributed by atoms with E-state index < -0.39 is 5.92 Å². The number of fused-ring (bicyclic) bond motifs is 1. The van der Waals surface area contributed by atoms with Gasteiger partial charge in [-0.25, -0.2) is 4.98 Å². The molecule has 186 valence electrons. The first-order valence-corrected chi connectivity index (χ1v) is 11.7. The third-order valence-corrected chi connectivity index (χ3v) is 6.09. The van der Waals surface area contributed by atoms with E-state index in [-0.39, 0.29) is 5.91 Å². The van der Waals surface area contributed by atoms with Crippen molar-refractivity contribution in [2.24, 2.45) is 0 Å². The molecule has 7 heteroatoms. The number of hydrogen-bond acceptors (Lipinski definition) is 6. The summed E-state index contributed by atoms with van der Waals surface area (Å²) < 4.78 is 22.3. The van der Waals surface area contributed by atoms with E-state index in [9.17, 15) is 4.79 Å². The topological polar surface area (TPSA) is 82.8 Å². The van der Waals surface area contributed by atoms with Crippen LogP contribution in [-0.2, 0) is 4.79 Å². The Balaban J connectivity index is 1.46. The van der Waals surface area contributed by atoms with Crippen LogP contribution in [0, 0.1) is 0 Å². The first-order valence-electron chi connectivity index (χ1n) is 11.7. The number of nitrogens with zero attached hydrogens (tertiary/aromatic N) is 1. The minimum Gasteiger partial charge on any atom is -0.493 e. The van der Waals surface area contributed by atoms with E-state index in [1.54, 1.807) is 51.7 Å². The Morgan fingerprint density at radius 1 is 0.784 bits per heavy atom. The van der Waals surface area contributed by atoms with E-state index in [1.807, 2.05) is 60.7 Å². The van der Waals surface area contributed by atoms with Crippen molar-refractivity contribution >= 4 is 22.7 Å². The van der Waals surface area contributed by atoms with Crippen molar-refractivity contribution in [2.75, 3.05) is 26.6 Å². The SMILES string of the molecule is COc1cc(-c2nc3cc(NC(=O)C(c4ccccc4)c4ccccc4)ccc3o2)cc(OC)c1OC. The van der Waals surface area contributed by atoms with Gasteiger partial charge < -0.3 is 23.9 Å². The van der Waals surface area contributed by atoms with Crippen molar-refractivity contribution in [2.45, 2.75) is 5.92 Å². The molecule has 4 aromatic carbocycles. The molecule has 37 heavy (non-hydrogen) atoms. The third-order valence-electron chi connectivity index (χ3n) is 6.09. The normalized spacial score (nSPS) is 10.9. The van der Waals surface area contributed by atoms with Gasteiger partial charge in [0.05, 0.1) is 27.2 Å². The molecule has 1 amide bonds. The second kappa shape index (κ2) is 10.5. The van der Waals surface area contributed by atoms with E-state index in [4.69, 9.17) is 18.6 Å². The largest absolute Gasteiger partial charge is 0.493 e. The Bertz CT molecular complexity index is 1470. The molecule has 5 rings (SSSR count). The lowest BCUT2D eigenvalue weighted by Crippen LogP contribution is -2.22. The molecule has 7 nitrogen and oxygen atoms in total. The molecule has 0 fully saturated rings. The van der Waals surface area contributed by atoms with Gasteiger partial charge in [-0.1, -0.05) is 60.7 Å². The van der Waals surface area contributed by atoms with Gasteiger partial charge in [-0.05, 0) is 41.5 Å². The van der Waals surface area contributed by atoms with E-state index in [2.05, 4.69) is 10.3 Å². The summed E-state index contributed by atoms with van der Waals surface area (Å²) in [4.78, 5) is 18.1. The third kappa shape index (κ3) is 4.84. The molecular formula is C30H26N2O5. The second-order valence-corrected chi connectivity index (χ2v) is 8.36. The highest BCUT2D eigenvalue weighted by Gasteiger charge is 2.23. The van der Waals surface area contributed by atoms with Crippen molar-refractivity contribution in [3.8, 4) is 28.7 Å². The predicted molar refractivity (Wildman–Crippen MR) is 142 cm³/mol. The van der Waals surface area contributed by atoms with Gasteiger partial charge in [-0.3, -0.25) is 4.79 Å². The Morgan fingerprint density at radius 2 is 1.38 bits per heavy atom. The van der Waals surface area contributed by atoms with Crippen molar-refractivity contribution in [1.29, 1.82) is 0 Å². The quantitative estimate of drug-likeness (QED) is 0.273. The Hall–Kier alpha value is -4.78. The average molecular weight is 495 g/mol. The fourth-order valence-electron chi connectivity index (χ4n) is 4.33. The van der Waals surface area contributed by atoms with E-state index in [0.29, 0.717) is 45.5 Å². The van der Waals surface area contributed by atoms with Crippen LogP contribution in [0.3, 0.4) is 0 Å². The molecule has 0 bridgehead atoms. The molecule has 0 saturated heterocycles. The highest BCUT2D eigenvalue weighted by atomic mass is 16.5. The summed E-state index contributed by atoms with van der Waals surface area (Å²) in [5, 5.41) is 3.05. The maximum atomic E-state index is 13.5. The number of oxazole rings is 1. The van der Waals surface area contributed by atoms with Crippen LogP contribution in [0.1, 0.15) is 17.0 Å². The number of rotatable bonds is 8. The van der Waals surface area contributed by atoms with Crippen molar-refractivity contribution < 1.29 is 23.4 Å². The molecular weight excluding hydrogens is 468 g/mol. The molecule has 1 heterocycles. The fourth-order valence-corrected chi connectivity index (χ4v) is 4.33. The van der Waals surface area contributed by atoms with Gasteiger partial charge >= 0.3 is 0 Å². The van der Waals surface area contributed by atoms with E-state index in [1.165, 1.54) is 0 Å². The van der Waals surface area contributed by atoms with Crippen molar-refractivity contribution in [1.82, 2.24) is 4.98 Å². The summed E-state index contributed by atoms with van der Waals surface area (Å²) >= 11 is 0. The van der Waals surface area contributed by atoms with Gasteiger partial charge in [0.25, 0.3) is 0 Å². The number of benzene rings is 4. The zero-order valence-electron chi connectivity index (χ0n) is 20.7. The van der Waals surface area contributed by atoms with E-state index >= 15 is 0 Å². The smallest absolute Gasteiger partial charge is 0.236 e. The zero-order chi connectivity index (χ0) is 25.8. The van der Waals surface area contributed by atoms with Gasteiger partial charge in [-0.15, -0.1) is 0 Å². The highest BCUT2D eigenvalue weighted by molar-refractivity contribution is 5.99. The van der Waals surface area contributed by atoms with Crippen LogP contribution >= 0.6 is 0 Å². The van der Waals surface area contributed by atoms with Gasteiger partial charge in [0.1, 0.15) is 5.52 Å². The molecule has 0 atom stereocenters. The van der Waals surface area contributed by atoms with Gasteiger partial charge in [-0.2, -0.15) is 0 Å². The summed E-state index contributed by atoms with van der Waals surface area (Å²) in [5.74, 6) is 1.29. The standard InChI is InChI=1S/C30H26N2O5/c1-34-25-16-21(17-26(35-2)28(25)36-3)30-32-23-18-22(14-15-24(23)37-30)31-29(33)27(19-10-6-4-7-11-19)20-12-8-5-9-13-20/h4-18,27H,1-3H3,(H,31,33). The minimum absolute atomic E-state index is 0.134. The van der Waals surface area contributed by atoms with Crippen LogP contribution in [0.4, 0.5) is 5.69 Å².